The maximum absolute atomic E-state index is 12.5. The Morgan fingerprint density at radius 2 is 2.05 bits per heavy atom. The smallest absolute Gasteiger partial charge is 0.258 e. The van der Waals surface area contributed by atoms with E-state index in [-0.39, 0.29) is 17.9 Å². The highest BCUT2D eigenvalue weighted by Gasteiger charge is 2.44. The van der Waals surface area contributed by atoms with Gasteiger partial charge in [0.15, 0.2) is 0 Å². The lowest BCUT2D eigenvalue weighted by atomic mass is 9.97. The highest BCUT2D eigenvalue weighted by atomic mass is 79.9. The second kappa shape index (κ2) is 4.90. The first-order valence-electron chi connectivity index (χ1n) is 5.88. The first-order valence-corrected chi connectivity index (χ1v) is 6.67. The minimum absolute atomic E-state index is 0.0452. The van der Waals surface area contributed by atoms with E-state index >= 15 is 0 Å². The summed E-state index contributed by atoms with van der Waals surface area (Å²) in [4.78, 5) is 36.9. The highest BCUT2D eigenvalue weighted by Crippen LogP contribution is 2.27. The minimum Gasteiger partial charge on any atom is -0.507 e. The molecule has 0 saturated carbocycles. The fourth-order valence-corrected chi connectivity index (χ4v) is 2.29. The van der Waals surface area contributed by atoms with Crippen LogP contribution in [0.5, 0.6) is 5.75 Å². The van der Waals surface area contributed by atoms with Gasteiger partial charge < -0.3 is 10.0 Å². The van der Waals surface area contributed by atoms with Gasteiger partial charge >= 0.3 is 0 Å². The third-order valence-electron chi connectivity index (χ3n) is 3.22. The zero-order chi connectivity index (χ0) is 15.1. The maximum Gasteiger partial charge on any atom is 0.258 e. The molecule has 106 valence electrons. The van der Waals surface area contributed by atoms with Crippen molar-refractivity contribution < 1.29 is 19.5 Å². The fraction of sp³-hybridized carbons (Fsp3) is 0.308. The number of piperazine rings is 1. The van der Waals surface area contributed by atoms with Gasteiger partial charge in [0.05, 0.1) is 5.56 Å². The molecule has 0 unspecified atom stereocenters. The molecule has 6 nitrogen and oxygen atoms in total. The third-order valence-corrected chi connectivity index (χ3v) is 3.71. The highest BCUT2D eigenvalue weighted by molar-refractivity contribution is 9.10. The van der Waals surface area contributed by atoms with Crippen molar-refractivity contribution in [2.45, 2.75) is 19.4 Å². The summed E-state index contributed by atoms with van der Waals surface area (Å²) in [6, 6.07) is 4.42. The number of aromatic hydroxyl groups is 1. The van der Waals surface area contributed by atoms with Gasteiger partial charge in [0.1, 0.15) is 17.8 Å². The number of carbonyl (C=O) groups excluding carboxylic acids is 3. The van der Waals surface area contributed by atoms with Crippen LogP contribution in [0.2, 0.25) is 0 Å². The molecular weight excluding hydrogens is 328 g/mol. The Bertz CT molecular complexity index is 612. The summed E-state index contributed by atoms with van der Waals surface area (Å²) in [5, 5.41) is 12.0. The molecule has 1 saturated heterocycles. The first-order chi connectivity index (χ1) is 9.23. The van der Waals surface area contributed by atoms with E-state index in [1.807, 2.05) is 0 Å². The van der Waals surface area contributed by atoms with Crippen LogP contribution >= 0.6 is 15.9 Å². The van der Waals surface area contributed by atoms with Gasteiger partial charge in [0.25, 0.3) is 11.8 Å². The Labute approximate surface area is 123 Å². The molecule has 1 aliphatic rings. The molecule has 0 aromatic heterocycles. The number of nitrogens with one attached hydrogen (secondary N) is 1. The van der Waals surface area contributed by atoms with Crippen LogP contribution in [-0.4, -0.2) is 39.8 Å². The predicted octanol–water partition coefficient (Wildman–Crippen LogP) is 1.03. The zero-order valence-corrected chi connectivity index (χ0v) is 12.5. The minimum atomic E-state index is -1.16. The Morgan fingerprint density at radius 1 is 1.40 bits per heavy atom. The normalized spacial score (nSPS) is 17.9. The van der Waals surface area contributed by atoms with Crippen molar-refractivity contribution in [3.8, 4) is 5.75 Å². The van der Waals surface area contributed by atoms with Gasteiger partial charge in [0.2, 0.25) is 5.91 Å². The molecule has 3 amide bonds. The van der Waals surface area contributed by atoms with Gasteiger partial charge in [0, 0.05) is 4.47 Å². The molecule has 0 spiro atoms. The number of halogens is 1. The van der Waals surface area contributed by atoms with Gasteiger partial charge in [-0.05, 0) is 32.0 Å². The maximum atomic E-state index is 12.5. The van der Waals surface area contributed by atoms with Gasteiger partial charge in [-0.1, -0.05) is 15.9 Å². The molecular formula is C13H13BrN2O4. The van der Waals surface area contributed by atoms with Gasteiger partial charge in [-0.3, -0.25) is 19.7 Å². The van der Waals surface area contributed by atoms with E-state index in [1.54, 1.807) is 19.9 Å². The summed E-state index contributed by atoms with van der Waals surface area (Å²) in [6.45, 7) is 2.86. The number of carbonyl (C=O) groups is 3. The Morgan fingerprint density at radius 3 is 2.65 bits per heavy atom. The topological polar surface area (TPSA) is 86.7 Å². The lowest BCUT2D eigenvalue weighted by Gasteiger charge is -2.40. The zero-order valence-electron chi connectivity index (χ0n) is 10.9. The standard InChI is InChI=1S/C13H13BrN2O4/c1-13(2)12(20)15-10(18)6-16(13)11(19)8-4-3-7(14)5-9(8)17/h3-5,17H,6H2,1-2H3,(H,15,18,20). The Kier molecular flexibility index (Phi) is 3.56. The molecule has 0 radical (unpaired) electrons. The summed E-state index contributed by atoms with van der Waals surface area (Å²) < 4.78 is 0.623. The summed E-state index contributed by atoms with van der Waals surface area (Å²) >= 11 is 3.18. The van der Waals surface area contributed by atoms with Gasteiger partial charge in [-0.15, -0.1) is 0 Å². The molecule has 2 N–H and O–H groups in total. The predicted molar refractivity (Wildman–Crippen MR) is 74.1 cm³/mol. The van der Waals surface area contributed by atoms with Gasteiger partial charge in [-0.25, -0.2) is 0 Å². The molecule has 0 aliphatic carbocycles. The summed E-state index contributed by atoms with van der Waals surface area (Å²) in [7, 11) is 0. The van der Waals surface area contributed by atoms with E-state index in [1.165, 1.54) is 12.1 Å². The van der Waals surface area contributed by atoms with E-state index in [2.05, 4.69) is 21.2 Å². The van der Waals surface area contributed by atoms with Crippen LogP contribution in [0, 0.1) is 0 Å². The monoisotopic (exact) mass is 340 g/mol. The average Bonchev–Trinajstić information content (AvgIpc) is 2.33. The van der Waals surface area contributed by atoms with Crippen LogP contribution < -0.4 is 5.32 Å². The molecule has 1 aromatic carbocycles. The second-order valence-corrected chi connectivity index (χ2v) is 5.90. The molecule has 1 heterocycles. The lowest BCUT2D eigenvalue weighted by Crippen LogP contribution is -2.65. The number of rotatable bonds is 1. The molecule has 20 heavy (non-hydrogen) atoms. The van der Waals surface area contributed by atoms with E-state index in [4.69, 9.17) is 0 Å². The van der Waals surface area contributed by atoms with Crippen molar-refractivity contribution >= 4 is 33.7 Å². The van der Waals surface area contributed by atoms with Crippen molar-refractivity contribution in [2.24, 2.45) is 0 Å². The number of nitrogens with zero attached hydrogens (tertiary/aromatic N) is 1. The van der Waals surface area contributed by atoms with Crippen LogP contribution in [0.3, 0.4) is 0 Å². The molecule has 0 bridgehead atoms. The molecule has 1 aromatic rings. The second-order valence-electron chi connectivity index (χ2n) is 4.99. The van der Waals surface area contributed by atoms with Gasteiger partial charge in [-0.2, -0.15) is 0 Å². The summed E-state index contributed by atoms with van der Waals surface area (Å²) in [6.07, 6.45) is 0. The van der Waals surface area contributed by atoms with E-state index in [9.17, 15) is 19.5 Å². The summed E-state index contributed by atoms with van der Waals surface area (Å²) in [5.41, 5.74) is -1.12. The largest absolute Gasteiger partial charge is 0.507 e. The van der Waals surface area contributed by atoms with Crippen LogP contribution in [-0.2, 0) is 9.59 Å². The van der Waals surface area contributed by atoms with Crippen molar-refractivity contribution in [2.75, 3.05) is 6.54 Å². The quantitative estimate of drug-likeness (QED) is 0.747. The molecule has 1 fully saturated rings. The van der Waals surface area contributed by atoms with Crippen molar-refractivity contribution in [3.63, 3.8) is 0 Å². The molecule has 7 heteroatoms. The number of imide groups is 1. The van der Waals surface area contributed by atoms with Crippen LogP contribution in [0.15, 0.2) is 22.7 Å². The number of phenols is 1. The number of hydrogen-bond donors (Lipinski definition) is 2. The number of hydrogen-bond acceptors (Lipinski definition) is 4. The van der Waals surface area contributed by atoms with E-state index < -0.39 is 23.3 Å². The Hall–Kier alpha value is -1.89. The van der Waals surface area contributed by atoms with E-state index in [0.29, 0.717) is 4.47 Å². The molecule has 1 aliphatic heterocycles. The molecule has 0 atom stereocenters. The van der Waals surface area contributed by atoms with Crippen LogP contribution in [0.4, 0.5) is 0 Å². The number of amides is 3. The van der Waals surface area contributed by atoms with Crippen LogP contribution in [0.1, 0.15) is 24.2 Å². The first kappa shape index (κ1) is 14.5. The van der Waals surface area contributed by atoms with Crippen molar-refractivity contribution in [1.82, 2.24) is 10.2 Å². The fourth-order valence-electron chi connectivity index (χ4n) is 1.94. The van der Waals surface area contributed by atoms with Crippen LogP contribution in [0.25, 0.3) is 0 Å². The summed E-state index contributed by atoms with van der Waals surface area (Å²) in [5.74, 6) is -1.86. The Balaban J connectivity index is 2.40. The van der Waals surface area contributed by atoms with E-state index in [0.717, 1.165) is 4.90 Å². The third kappa shape index (κ3) is 2.40. The average molecular weight is 341 g/mol. The lowest BCUT2D eigenvalue weighted by molar-refractivity contribution is -0.143. The van der Waals surface area contributed by atoms with Crippen molar-refractivity contribution in [1.29, 1.82) is 0 Å². The number of phenolic OH excluding ortho intramolecular Hbond substituents is 1. The van der Waals surface area contributed by atoms with Crippen molar-refractivity contribution in [3.05, 3.63) is 28.2 Å². The SMILES string of the molecule is CC1(C)C(=O)NC(=O)CN1C(=O)c1ccc(Br)cc1O. The molecule has 2 rings (SSSR count). The number of benzene rings is 1.